The van der Waals surface area contributed by atoms with E-state index in [9.17, 15) is 14.4 Å². The van der Waals surface area contributed by atoms with Gasteiger partial charge in [-0.25, -0.2) is 0 Å². The van der Waals surface area contributed by atoms with Crippen LogP contribution in [-0.4, -0.2) is 67.5 Å². The summed E-state index contributed by atoms with van der Waals surface area (Å²) >= 11 is 0. The Bertz CT molecular complexity index is 853. The highest BCUT2D eigenvalue weighted by Crippen LogP contribution is 2.19. The lowest BCUT2D eigenvalue weighted by atomic mass is 10.2. The average molecular weight is 358 g/mol. The minimum Gasteiger partial charge on any atom is -0.342 e. The van der Waals surface area contributed by atoms with Crippen LogP contribution < -0.4 is 0 Å². The minimum atomic E-state index is -0.248. The lowest BCUT2D eigenvalue weighted by molar-refractivity contribution is 0.0731. The maximum Gasteiger partial charge on any atom is 0.272 e. The van der Waals surface area contributed by atoms with Gasteiger partial charge in [0.2, 0.25) is 0 Å². The van der Waals surface area contributed by atoms with Gasteiger partial charge in [-0.2, -0.15) is 10.2 Å². The van der Waals surface area contributed by atoms with Gasteiger partial charge < -0.3 is 9.80 Å². The lowest BCUT2D eigenvalue weighted by Crippen LogP contribution is -2.32. The second-order valence-corrected chi connectivity index (χ2v) is 6.35. The van der Waals surface area contributed by atoms with Crippen molar-refractivity contribution in [3.8, 4) is 0 Å². The Kier molecular flexibility index (Phi) is 4.88. The predicted octanol–water partition coefficient (Wildman–Crippen LogP) is 0.947. The Hall–Kier alpha value is -2.97. The molecule has 26 heavy (non-hydrogen) atoms. The Balaban J connectivity index is 1.86. The molecule has 0 fully saturated rings. The topological polar surface area (TPSA) is 104 Å². The first-order chi connectivity index (χ1) is 12.4. The molecule has 3 rings (SSSR count). The van der Waals surface area contributed by atoms with E-state index in [1.807, 2.05) is 6.92 Å². The van der Waals surface area contributed by atoms with Crippen molar-refractivity contribution in [1.29, 1.82) is 0 Å². The molecule has 2 amide bonds. The van der Waals surface area contributed by atoms with Crippen LogP contribution in [0.2, 0.25) is 0 Å². The number of rotatable bonds is 4. The minimum absolute atomic E-state index is 0.108. The van der Waals surface area contributed by atoms with Gasteiger partial charge in [0.15, 0.2) is 5.78 Å². The van der Waals surface area contributed by atoms with Crippen LogP contribution in [0.5, 0.6) is 0 Å². The predicted molar refractivity (Wildman–Crippen MR) is 92.8 cm³/mol. The summed E-state index contributed by atoms with van der Waals surface area (Å²) in [6.45, 7) is 5.36. The third kappa shape index (κ3) is 3.24. The number of hydrogen-bond acceptors (Lipinski definition) is 5. The normalized spacial score (nSPS) is 13.9. The molecule has 0 atom stereocenters. The highest BCUT2D eigenvalue weighted by molar-refractivity contribution is 5.98. The maximum absolute atomic E-state index is 12.8. The second kappa shape index (κ2) is 7.11. The molecule has 9 nitrogen and oxygen atoms in total. The van der Waals surface area contributed by atoms with Crippen LogP contribution >= 0.6 is 0 Å². The molecular weight excluding hydrogens is 336 g/mol. The summed E-state index contributed by atoms with van der Waals surface area (Å²) in [5.41, 5.74) is 1.74. The largest absolute Gasteiger partial charge is 0.342 e. The van der Waals surface area contributed by atoms with E-state index >= 15 is 0 Å². The molecule has 9 heteroatoms. The SMILES string of the molecule is CCN(C)C(=O)c1cnn2c1CN(C(=O)c1cc(C(C)=O)n[nH]1)CCC2. The monoisotopic (exact) mass is 358 g/mol. The van der Waals surface area contributed by atoms with Gasteiger partial charge in [-0.15, -0.1) is 0 Å². The Morgan fingerprint density at radius 3 is 2.73 bits per heavy atom. The number of carbonyl (C=O) groups excluding carboxylic acids is 3. The molecule has 0 unspecified atom stereocenters. The smallest absolute Gasteiger partial charge is 0.272 e. The summed E-state index contributed by atoms with van der Waals surface area (Å²) in [6, 6.07) is 1.46. The van der Waals surface area contributed by atoms with Gasteiger partial charge in [0.05, 0.1) is 24.0 Å². The summed E-state index contributed by atoms with van der Waals surface area (Å²) in [4.78, 5) is 40.0. The molecule has 2 aromatic heterocycles. The van der Waals surface area contributed by atoms with Crippen LogP contribution in [-0.2, 0) is 13.1 Å². The van der Waals surface area contributed by atoms with Crippen molar-refractivity contribution in [2.45, 2.75) is 33.4 Å². The van der Waals surface area contributed by atoms with Crippen LogP contribution in [0.25, 0.3) is 0 Å². The molecule has 0 saturated carbocycles. The standard InChI is InChI=1S/C17H22N6O3/c1-4-21(3)16(25)12-9-18-23-7-5-6-22(10-15(12)23)17(26)14-8-13(11(2)24)19-20-14/h8-9H,4-7,10H2,1-3H3,(H,19,20). The van der Waals surface area contributed by atoms with Crippen LogP contribution in [0.3, 0.4) is 0 Å². The van der Waals surface area contributed by atoms with Crippen molar-refractivity contribution in [1.82, 2.24) is 29.8 Å². The molecule has 0 aromatic carbocycles. The fourth-order valence-electron chi connectivity index (χ4n) is 2.92. The van der Waals surface area contributed by atoms with E-state index in [0.717, 1.165) is 12.1 Å². The van der Waals surface area contributed by atoms with E-state index in [2.05, 4.69) is 15.3 Å². The summed E-state index contributed by atoms with van der Waals surface area (Å²) in [5.74, 6) is -0.560. The highest BCUT2D eigenvalue weighted by Gasteiger charge is 2.27. The van der Waals surface area contributed by atoms with Crippen molar-refractivity contribution in [3.05, 3.63) is 34.9 Å². The summed E-state index contributed by atoms with van der Waals surface area (Å²) in [7, 11) is 1.74. The average Bonchev–Trinajstić information content (AvgIpc) is 3.22. The third-order valence-corrected chi connectivity index (χ3v) is 4.59. The Morgan fingerprint density at radius 1 is 1.31 bits per heavy atom. The van der Waals surface area contributed by atoms with Gasteiger partial charge in [-0.3, -0.25) is 24.2 Å². The first-order valence-corrected chi connectivity index (χ1v) is 8.58. The first-order valence-electron chi connectivity index (χ1n) is 8.58. The van der Waals surface area contributed by atoms with E-state index in [1.165, 1.54) is 13.0 Å². The number of nitrogens with zero attached hydrogens (tertiary/aromatic N) is 5. The van der Waals surface area contributed by atoms with Gasteiger partial charge in [-0.1, -0.05) is 0 Å². The quantitative estimate of drug-likeness (QED) is 0.820. The zero-order valence-corrected chi connectivity index (χ0v) is 15.2. The van der Waals surface area contributed by atoms with Crippen LogP contribution in [0.4, 0.5) is 0 Å². The Labute approximate surface area is 151 Å². The number of amides is 2. The number of ketones is 1. The zero-order valence-electron chi connectivity index (χ0n) is 15.2. The highest BCUT2D eigenvalue weighted by atomic mass is 16.2. The third-order valence-electron chi connectivity index (χ3n) is 4.59. The van der Waals surface area contributed by atoms with Crippen LogP contribution in [0.15, 0.2) is 12.3 Å². The van der Waals surface area contributed by atoms with Crippen molar-refractivity contribution >= 4 is 17.6 Å². The van der Waals surface area contributed by atoms with E-state index in [-0.39, 0.29) is 35.5 Å². The number of Topliss-reactive ketones (excluding diaryl/α,β-unsaturated/α-hetero) is 1. The molecule has 0 spiro atoms. The lowest BCUT2D eigenvalue weighted by Gasteiger charge is -2.20. The first kappa shape index (κ1) is 17.8. The summed E-state index contributed by atoms with van der Waals surface area (Å²) < 4.78 is 1.79. The molecule has 0 bridgehead atoms. The molecule has 3 heterocycles. The number of fused-ring (bicyclic) bond motifs is 1. The number of aryl methyl sites for hydroxylation is 1. The fourth-order valence-corrected chi connectivity index (χ4v) is 2.92. The van der Waals surface area contributed by atoms with Crippen molar-refractivity contribution in [3.63, 3.8) is 0 Å². The second-order valence-electron chi connectivity index (χ2n) is 6.35. The molecular formula is C17H22N6O3. The maximum atomic E-state index is 12.8. The Morgan fingerprint density at radius 2 is 2.08 bits per heavy atom. The number of aromatic amines is 1. The number of H-pyrrole nitrogens is 1. The van der Waals surface area contributed by atoms with Gasteiger partial charge in [0.1, 0.15) is 11.4 Å². The van der Waals surface area contributed by atoms with Gasteiger partial charge in [0.25, 0.3) is 11.8 Å². The molecule has 1 aliphatic rings. The van der Waals surface area contributed by atoms with Crippen molar-refractivity contribution in [2.24, 2.45) is 0 Å². The van der Waals surface area contributed by atoms with E-state index in [4.69, 9.17) is 0 Å². The molecule has 2 aromatic rings. The van der Waals surface area contributed by atoms with Gasteiger partial charge in [-0.05, 0) is 19.4 Å². The number of aromatic nitrogens is 4. The zero-order chi connectivity index (χ0) is 18.8. The fraction of sp³-hybridized carbons (Fsp3) is 0.471. The number of hydrogen-bond donors (Lipinski definition) is 1. The number of nitrogens with one attached hydrogen (secondary N) is 1. The summed E-state index contributed by atoms with van der Waals surface area (Å²) in [6.07, 6.45) is 2.30. The van der Waals surface area contributed by atoms with Crippen molar-refractivity contribution in [2.75, 3.05) is 20.1 Å². The molecule has 1 N–H and O–H groups in total. The van der Waals surface area contributed by atoms with E-state index in [1.54, 1.807) is 27.7 Å². The van der Waals surface area contributed by atoms with Gasteiger partial charge >= 0.3 is 0 Å². The molecule has 0 saturated heterocycles. The van der Waals surface area contributed by atoms with Gasteiger partial charge in [0, 0.05) is 33.6 Å². The molecule has 1 aliphatic heterocycles. The van der Waals surface area contributed by atoms with Crippen molar-refractivity contribution < 1.29 is 14.4 Å². The molecule has 0 aliphatic carbocycles. The van der Waals surface area contributed by atoms with E-state index in [0.29, 0.717) is 25.2 Å². The number of carbonyl (C=O) groups is 3. The van der Waals surface area contributed by atoms with Crippen LogP contribution in [0, 0.1) is 0 Å². The molecule has 0 radical (unpaired) electrons. The molecule has 138 valence electrons. The summed E-state index contributed by atoms with van der Waals surface area (Å²) in [5, 5.41) is 10.8. The van der Waals surface area contributed by atoms with E-state index < -0.39 is 0 Å². The van der Waals surface area contributed by atoms with Crippen LogP contribution in [0.1, 0.15) is 57.3 Å².